The van der Waals surface area contributed by atoms with E-state index in [4.69, 9.17) is 9.47 Å². The van der Waals surface area contributed by atoms with Gasteiger partial charge >= 0.3 is 0 Å². The third kappa shape index (κ3) is 3.09. The Hall–Kier alpha value is -2.30. The Kier molecular flexibility index (Phi) is 4.65. The SMILES string of the molecule is CCOc1ccc(C2=NNC(=O)C3CC=CCC23)cc1OCC. The quantitative estimate of drug-likeness (QED) is 0.850. The van der Waals surface area contributed by atoms with Crippen molar-refractivity contribution in [2.75, 3.05) is 13.2 Å². The molecule has 0 saturated heterocycles. The second kappa shape index (κ2) is 6.86. The molecule has 2 atom stereocenters. The summed E-state index contributed by atoms with van der Waals surface area (Å²) in [5.41, 5.74) is 4.56. The Morgan fingerprint density at radius 2 is 1.78 bits per heavy atom. The summed E-state index contributed by atoms with van der Waals surface area (Å²) < 4.78 is 11.3. The van der Waals surface area contributed by atoms with E-state index < -0.39 is 0 Å². The third-order valence-electron chi connectivity index (χ3n) is 4.25. The summed E-state index contributed by atoms with van der Waals surface area (Å²) in [6.45, 7) is 5.06. The van der Waals surface area contributed by atoms with Gasteiger partial charge in [0.1, 0.15) is 0 Å². The number of carbonyl (C=O) groups excluding carboxylic acids is 1. The molecule has 2 unspecified atom stereocenters. The van der Waals surface area contributed by atoms with Crippen LogP contribution in [0.2, 0.25) is 0 Å². The second-order valence-electron chi connectivity index (χ2n) is 5.66. The van der Waals surface area contributed by atoms with Crippen molar-refractivity contribution in [1.29, 1.82) is 0 Å². The van der Waals surface area contributed by atoms with Crippen LogP contribution in [0.25, 0.3) is 0 Å². The molecule has 2 aliphatic rings. The standard InChI is InChI=1S/C18H22N2O3/c1-3-22-15-10-9-12(11-16(15)23-4-2)17-13-7-5-6-8-14(13)18(21)20-19-17/h5-6,9-11,13-14H,3-4,7-8H2,1-2H3,(H,20,21). The van der Waals surface area contributed by atoms with Crippen molar-refractivity contribution in [3.8, 4) is 11.5 Å². The largest absolute Gasteiger partial charge is 0.490 e. The van der Waals surface area contributed by atoms with Gasteiger partial charge in [-0.05, 0) is 44.9 Å². The Morgan fingerprint density at radius 1 is 1.09 bits per heavy atom. The molecule has 0 saturated carbocycles. The van der Waals surface area contributed by atoms with E-state index in [9.17, 15) is 4.79 Å². The monoisotopic (exact) mass is 314 g/mol. The first kappa shape index (κ1) is 15.6. The number of nitrogens with one attached hydrogen (secondary N) is 1. The van der Waals surface area contributed by atoms with E-state index in [1.807, 2.05) is 32.0 Å². The number of carbonyl (C=O) groups is 1. The molecule has 3 rings (SSSR count). The molecule has 1 aliphatic heterocycles. The zero-order chi connectivity index (χ0) is 16.2. The smallest absolute Gasteiger partial charge is 0.244 e. The van der Waals surface area contributed by atoms with Gasteiger partial charge in [0.2, 0.25) is 5.91 Å². The molecule has 5 nitrogen and oxygen atoms in total. The van der Waals surface area contributed by atoms with Crippen LogP contribution >= 0.6 is 0 Å². The van der Waals surface area contributed by atoms with Gasteiger partial charge in [-0.25, -0.2) is 5.43 Å². The molecule has 1 amide bonds. The van der Waals surface area contributed by atoms with E-state index in [-0.39, 0.29) is 17.7 Å². The molecule has 0 fully saturated rings. The fraction of sp³-hybridized carbons (Fsp3) is 0.444. The molecular formula is C18H22N2O3. The maximum Gasteiger partial charge on any atom is 0.244 e. The zero-order valence-electron chi connectivity index (χ0n) is 13.5. The molecule has 0 bridgehead atoms. The normalized spacial score (nSPS) is 22.9. The summed E-state index contributed by atoms with van der Waals surface area (Å²) in [6.07, 6.45) is 5.82. The number of allylic oxidation sites excluding steroid dienone is 2. The number of amides is 1. The van der Waals surface area contributed by atoms with Gasteiger partial charge in [0.05, 0.1) is 24.8 Å². The van der Waals surface area contributed by atoms with E-state index in [0.717, 1.165) is 29.9 Å². The minimum atomic E-state index is -0.0328. The maximum atomic E-state index is 12.0. The number of hydrogen-bond acceptors (Lipinski definition) is 4. The Morgan fingerprint density at radius 3 is 2.52 bits per heavy atom. The van der Waals surface area contributed by atoms with Crippen molar-refractivity contribution in [1.82, 2.24) is 5.43 Å². The van der Waals surface area contributed by atoms with E-state index >= 15 is 0 Å². The summed E-state index contributed by atoms with van der Waals surface area (Å²) in [5.74, 6) is 1.56. The molecule has 1 heterocycles. The van der Waals surface area contributed by atoms with Crippen LogP contribution in [0, 0.1) is 11.8 Å². The maximum absolute atomic E-state index is 12.0. The van der Waals surface area contributed by atoms with Crippen LogP contribution in [0.4, 0.5) is 0 Å². The van der Waals surface area contributed by atoms with E-state index in [0.29, 0.717) is 19.0 Å². The highest BCUT2D eigenvalue weighted by Crippen LogP contribution is 2.35. The molecular weight excluding hydrogens is 292 g/mol. The number of rotatable bonds is 5. The highest BCUT2D eigenvalue weighted by atomic mass is 16.5. The van der Waals surface area contributed by atoms with Crippen molar-refractivity contribution in [2.24, 2.45) is 16.9 Å². The van der Waals surface area contributed by atoms with Crippen molar-refractivity contribution in [2.45, 2.75) is 26.7 Å². The average Bonchev–Trinajstić information content (AvgIpc) is 2.58. The summed E-state index contributed by atoms with van der Waals surface area (Å²) in [4.78, 5) is 12.0. The Labute approximate surface area is 136 Å². The first-order valence-corrected chi connectivity index (χ1v) is 8.17. The molecule has 1 aliphatic carbocycles. The van der Waals surface area contributed by atoms with Crippen molar-refractivity contribution in [3.63, 3.8) is 0 Å². The number of hydrazone groups is 1. The minimum Gasteiger partial charge on any atom is -0.490 e. The molecule has 122 valence electrons. The number of benzene rings is 1. The molecule has 1 N–H and O–H groups in total. The summed E-state index contributed by atoms with van der Waals surface area (Å²) in [7, 11) is 0. The molecule has 1 aromatic carbocycles. The number of ether oxygens (including phenoxy) is 2. The minimum absolute atomic E-state index is 0.0130. The zero-order valence-corrected chi connectivity index (χ0v) is 13.5. The molecule has 0 radical (unpaired) electrons. The van der Waals surface area contributed by atoms with Crippen LogP contribution in [-0.2, 0) is 4.79 Å². The molecule has 5 heteroatoms. The van der Waals surface area contributed by atoms with Crippen LogP contribution in [0.1, 0.15) is 32.3 Å². The van der Waals surface area contributed by atoms with E-state index in [2.05, 4.69) is 22.7 Å². The van der Waals surface area contributed by atoms with Crippen molar-refractivity contribution in [3.05, 3.63) is 35.9 Å². The number of nitrogens with zero attached hydrogens (tertiary/aromatic N) is 1. The van der Waals surface area contributed by atoms with Crippen LogP contribution in [-0.4, -0.2) is 24.8 Å². The van der Waals surface area contributed by atoms with Crippen LogP contribution in [0.5, 0.6) is 11.5 Å². The van der Waals surface area contributed by atoms with E-state index in [1.54, 1.807) is 0 Å². The topological polar surface area (TPSA) is 59.9 Å². The van der Waals surface area contributed by atoms with Gasteiger partial charge in [-0.3, -0.25) is 4.79 Å². The lowest BCUT2D eigenvalue weighted by molar-refractivity contribution is -0.126. The fourth-order valence-corrected chi connectivity index (χ4v) is 3.18. The molecule has 0 aromatic heterocycles. The average molecular weight is 314 g/mol. The predicted molar refractivity (Wildman–Crippen MR) is 88.8 cm³/mol. The van der Waals surface area contributed by atoms with Gasteiger partial charge in [-0.15, -0.1) is 0 Å². The summed E-state index contributed by atoms with van der Waals surface area (Å²) >= 11 is 0. The lowest BCUT2D eigenvalue weighted by Gasteiger charge is -2.32. The highest BCUT2D eigenvalue weighted by molar-refractivity contribution is 6.07. The molecule has 23 heavy (non-hydrogen) atoms. The summed E-state index contributed by atoms with van der Waals surface area (Å²) in [6, 6.07) is 5.86. The van der Waals surface area contributed by atoms with Gasteiger partial charge in [-0.2, -0.15) is 5.10 Å². The van der Waals surface area contributed by atoms with Crippen LogP contribution < -0.4 is 14.9 Å². The Balaban J connectivity index is 1.95. The van der Waals surface area contributed by atoms with Gasteiger partial charge < -0.3 is 9.47 Å². The van der Waals surface area contributed by atoms with Gasteiger partial charge in [-0.1, -0.05) is 12.2 Å². The highest BCUT2D eigenvalue weighted by Gasteiger charge is 2.36. The number of fused-ring (bicyclic) bond motifs is 1. The first-order valence-electron chi connectivity index (χ1n) is 8.17. The molecule has 0 spiro atoms. The lowest BCUT2D eigenvalue weighted by atomic mass is 9.77. The van der Waals surface area contributed by atoms with Crippen molar-refractivity contribution >= 4 is 11.6 Å². The second-order valence-corrected chi connectivity index (χ2v) is 5.66. The van der Waals surface area contributed by atoms with Gasteiger partial charge in [0.15, 0.2) is 11.5 Å². The lowest BCUT2D eigenvalue weighted by Crippen LogP contribution is -2.42. The first-order chi connectivity index (χ1) is 11.2. The third-order valence-corrected chi connectivity index (χ3v) is 4.25. The molecule has 1 aromatic rings. The Bertz CT molecular complexity index is 652. The van der Waals surface area contributed by atoms with Crippen LogP contribution in [0.3, 0.4) is 0 Å². The van der Waals surface area contributed by atoms with E-state index in [1.165, 1.54) is 0 Å². The summed E-state index contributed by atoms with van der Waals surface area (Å²) in [5, 5.41) is 4.33. The van der Waals surface area contributed by atoms with Gasteiger partial charge in [0.25, 0.3) is 0 Å². The predicted octanol–water partition coefficient (Wildman–Crippen LogP) is 2.90. The van der Waals surface area contributed by atoms with Gasteiger partial charge in [0, 0.05) is 11.5 Å². The van der Waals surface area contributed by atoms with Crippen LogP contribution in [0.15, 0.2) is 35.5 Å². The van der Waals surface area contributed by atoms with Crippen molar-refractivity contribution < 1.29 is 14.3 Å². The fourth-order valence-electron chi connectivity index (χ4n) is 3.18. The number of hydrogen-bond donors (Lipinski definition) is 1.